The number of hydrogen-bond acceptors (Lipinski definition) is 2. The van der Waals surface area contributed by atoms with Crippen LogP contribution in [0.2, 0.25) is 0 Å². The van der Waals surface area contributed by atoms with Crippen LogP contribution in [0.1, 0.15) is 40.8 Å². The van der Waals surface area contributed by atoms with E-state index in [0.29, 0.717) is 5.92 Å². The van der Waals surface area contributed by atoms with Gasteiger partial charge in [-0.2, -0.15) is 0 Å². The Labute approximate surface area is 108 Å². The van der Waals surface area contributed by atoms with Crippen LogP contribution >= 0.6 is 0 Å². The molecule has 0 spiro atoms. The average Bonchev–Trinajstić information content (AvgIpc) is 2.82. The van der Waals surface area contributed by atoms with Crippen molar-refractivity contribution in [3.05, 3.63) is 65.0 Å². The zero-order chi connectivity index (χ0) is 12.5. The summed E-state index contributed by atoms with van der Waals surface area (Å²) in [7, 11) is 0. The van der Waals surface area contributed by atoms with Crippen molar-refractivity contribution in [2.75, 3.05) is 0 Å². The second-order valence-electron chi connectivity index (χ2n) is 5.08. The third kappa shape index (κ3) is 1.83. The molecule has 18 heavy (non-hydrogen) atoms. The first-order valence-corrected chi connectivity index (χ1v) is 6.52. The second kappa shape index (κ2) is 4.54. The first-order chi connectivity index (χ1) is 8.77. The Morgan fingerprint density at radius 1 is 1.22 bits per heavy atom. The van der Waals surface area contributed by atoms with Crippen molar-refractivity contribution in [3.8, 4) is 0 Å². The number of rotatable bonds is 2. The van der Waals surface area contributed by atoms with E-state index in [-0.39, 0.29) is 6.04 Å². The standard InChI is InChI=1S/C16H18N2/c1-11-5-2-3-7-13(11)15(17)14-9-8-12-6-4-10-18-16(12)14/h2-7,10,14-15H,8-9,17H2,1H3. The summed E-state index contributed by atoms with van der Waals surface area (Å²) >= 11 is 0. The summed E-state index contributed by atoms with van der Waals surface area (Å²) in [6.45, 7) is 2.13. The maximum Gasteiger partial charge on any atom is 0.0485 e. The van der Waals surface area contributed by atoms with E-state index in [1.54, 1.807) is 0 Å². The molecule has 92 valence electrons. The molecule has 0 fully saturated rings. The monoisotopic (exact) mass is 238 g/mol. The van der Waals surface area contributed by atoms with Crippen LogP contribution in [-0.4, -0.2) is 4.98 Å². The summed E-state index contributed by atoms with van der Waals surface area (Å²) in [5, 5.41) is 0. The summed E-state index contributed by atoms with van der Waals surface area (Å²) < 4.78 is 0. The quantitative estimate of drug-likeness (QED) is 0.873. The van der Waals surface area contributed by atoms with Gasteiger partial charge in [0.25, 0.3) is 0 Å². The van der Waals surface area contributed by atoms with Crippen molar-refractivity contribution in [1.82, 2.24) is 4.98 Å². The van der Waals surface area contributed by atoms with Gasteiger partial charge >= 0.3 is 0 Å². The van der Waals surface area contributed by atoms with Crippen molar-refractivity contribution in [2.45, 2.75) is 31.7 Å². The molecule has 1 aromatic carbocycles. The summed E-state index contributed by atoms with van der Waals surface area (Å²) in [4.78, 5) is 4.54. The molecule has 1 aromatic heterocycles. The average molecular weight is 238 g/mol. The van der Waals surface area contributed by atoms with Crippen LogP contribution in [-0.2, 0) is 6.42 Å². The lowest BCUT2D eigenvalue weighted by molar-refractivity contribution is 0.539. The van der Waals surface area contributed by atoms with Crippen LogP contribution in [0.15, 0.2) is 42.6 Å². The van der Waals surface area contributed by atoms with Crippen LogP contribution in [0, 0.1) is 6.92 Å². The van der Waals surface area contributed by atoms with Crippen molar-refractivity contribution in [3.63, 3.8) is 0 Å². The van der Waals surface area contributed by atoms with Crippen LogP contribution < -0.4 is 5.73 Å². The van der Waals surface area contributed by atoms with Gasteiger partial charge in [0, 0.05) is 23.9 Å². The fourth-order valence-electron chi connectivity index (χ4n) is 2.97. The van der Waals surface area contributed by atoms with E-state index in [9.17, 15) is 0 Å². The van der Waals surface area contributed by atoms with E-state index < -0.39 is 0 Å². The number of aromatic nitrogens is 1. The molecule has 1 aliphatic carbocycles. The van der Waals surface area contributed by atoms with Gasteiger partial charge in [0.1, 0.15) is 0 Å². The Balaban J connectivity index is 1.96. The second-order valence-corrected chi connectivity index (χ2v) is 5.08. The van der Waals surface area contributed by atoms with Gasteiger partial charge in [0.05, 0.1) is 0 Å². The zero-order valence-electron chi connectivity index (χ0n) is 10.6. The molecule has 3 rings (SSSR count). The predicted molar refractivity (Wildman–Crippen MR) is 73.4 cm³/mol. The van der Waals surface area contributed by atoms with E-state index in [1.807, 2.05) is 12.3 Å². The minimum absolute atomic E-state index is 0.0577. The van der Waals surface area contributed by atoms with Crippen LogP contribution in [0.5, 0.6) is 0 Å². The molecule has 0 radical (unpaired) electrons. The summed E-state index contributed by atoms with van der Waals surface area (Å²) in [6.07, 6.45) is 4.09. The third-order valence-corrected chi connectivity index (χ3v) is 3.98. The van der Waals surface area contributed by atoms with Crippen molar-refractivity contribution in [2.24, 2.45) is 5.73 Å². The molecule has 2 N–H and O–H groups in total. The molecule has 2 heteroatoms. The molecule has 1 aliphatic rings. The number of benzene rings is 1. The Kier molecular flexibility index (Phi) is 2.88. The van der Waals surface area contributed by atoms with Crippen LogP contribution in [0.3, 0.4) is 0 Å². The lowest BCUT2D eigenvalue weighted by Gasteiger charge is -2.21. The molecule has 0 aliphatic heterocycles. The zero-order valence-corrected chi connectivity index (χ0v) is 10.6. The Morgan fingerprint density at radius 3 is 2.89 bits per heavy atom. The molecule has 0 saturated heterocycles. The lowest BCUT2D eigenvalue weighted by atomic mass is 9.89. The summed E-state index contributed by atoms with van der Waals surface area (Å²) in [5.74, 6) is 0.363. The van der Waals surface area contributed by atoms with Gasteiger partial charge in [-0.1, -0.05) is 30.3 Å². The highest BCUT2D eigenvalue weighted by Gasteiger charge is 2.30. The number of pyridine rings is 1. The fourth-order valence-corrected chi connectivity index (χ4v) is 2.97. The molecule has 2 unspecified atom stereocenters. The van der Waals surface area contributed by atoms with Gasteiger partial charge in [-0.05, 0) is 42.5 Å². The Hall–Kier alpha value is -1.67. The molecule has 0 amide bonds. The van der Waals surface area contributed by atoms with E-state index in [4.69, 9.17) is 5.73 Å². The van der Waals surface area contributed by atoms with E-state index in [1.165, 1.54) is 22.4 Å². The molecule has 0 saturated carbocycles. The fraction of sp³-hybridized carbons (Fsp3) is 0.312. The van der Waals surface area contributed by atoms with Crippen molar-refractivity contribution in [1.29, 1.82) is 0 Å². The normalized spacial score (nSPS) is 19.6. The third-order valence-electron chi connectivity index (χ3n) is 3.98. The minimum Gasteiger partial charge on any atom is -0.323 e. The van der Waals surface area contributed by atoms with Crippen LogP contribution in [0.25, 0.3) is 0 Å². The Bertz CT molecular complexity index is 563. The maximum absolute atomic E-state index is 6.48. The summed E-state index contributed by atoms with van der Waals surface area (Å²) in [6, 6.07) is 12.6. The molecule has 2 nitrogen and oxygen atoms in total. The molecule has 1 heterocycles. The largest absolute Gasteiger partial charge is 0.323 e. The van der Waals surface area contributed by atoms with E-state index >= 15 is 0 Å². The topological polar surface area (TPSA) is 38.9 Å². The van der Waals surface area contributed by atoms with E-state index in [0.717, 1.165) is 12.8 Å². The lowest BCUT2D eigenvalue weighted by Crippen LogP contribution is -2.19. The van der Waals surface area contributed by atoms with Gasteiger partial charge < -0.3 is 5.73 Å². The van der Waals surface area contributed by atoms with Gasteiger partial charge in [0.15, 0.2) is 0 Å². The molecule has 2 aromatic rings. The number of fused-ring (bicyclic) bond motifs is 1. The highest BCUT2D eigenvalue weighted by molar-refractivity contribution is 5.36. The molecule has 0 bridgehead atoms. The smallest absolute Gasteiger partial charge is 0.0485 e. The first kappa shape index (κ1) is 11.4. The first-order valence-electron chi connectivity index (χ1n) is 6.52. The summed E-state index contributed by atoms with van der Waals surface area (Å²) in [5.41, 5.74) is 11.6. The van der Waals surface area contributed by atoms with Gasteiger partial charge in [-0.25, -0.2) is 0 Å². The number of hydrogen-bond donors (Lipinski definition) is 1. The van der Waals surface area contributed by atoms with Gasteiger partial charge in [-0.15, -0.1) is 0 Å². The highest BCUT2D eigenvalue weighted by atomic mass is 14.8. The SMILES string of the molecule is Cc1ccccc1C(N)C1CCc2cccnc21. The van der Waals surface area contributed by atoms with Gasteiger partial charge in [0.2, 0.25) is 0 Å². The maximum atomic E-state index is 6.48. The minimum atomic E-state index is 0.0577. The van der Waals surface area contributed by atoms with Crippen molar-refractivity contribution >= 4 is 0 Å². The number of aryl methyl sites for hydroxylation is 2. The molecular weight excluding hydrogens is 220 g/mol. The Morgan fingerprint density at radius 2 is 2.06 bits per heavy atom. The predicted octanol–water partition coefficient (Wildman–Crippen LogP) is 3.12. The number of nitrogens with two attached hydrogens (primary N) is 1. The highest BCUT2D eigenvalue weighted by Crippen LogP contribution is 2.39. The van der Waals surface area contributed by atoms with Crippen LogP contribution in [0.4, 0.5) is 0 Å². The van der Waals surface area contributed by atoms with E-state index in [2.05, 4.69) is 42.2 Å². The van der Waals surface area contributed by atoms with Crippen molar-refractivity contribution < 1.29 is 0 Å². The molecular formula is C16H18N2. The molecule has 2 atom stereocenters. The van der Waals surface area contributed by atoms with Gasteiger partial charge in [-0.3, -0.25) is 4.98 Å². The number of nitrogens with zero attached hydrogens (tertiary/aromatic N) is 1.